The van der Waals surface area contributed by atoms with Gasteiger partial charge in [-0.2, -0.15) is 0 Å². The summed E-state index contributed by atoms with van der Waals surface area (Å²) in [7, 11) is 0. The zero-order valence-corrected chi connectivity index (χ0v) is 10.6. The van der Waals surface area contributed by atoms with Gasteiger partial charge in [0.25, 0.3) is 0 Å². The maximum absolute atomic E-state index is 11.3. The maximum atomic E-state index is 11.3. The van der Waals surface area contributed by atoms with Gasteiger partial charge in [-0.25, -0.2) is 0 Å². The summed E-state index contributed by atoms with van der Waals surface area (Å²) < 4.78 is 0. The molecule has 1 unspecified atom stereocenters. The van der Waals surface area contributed by atoms with E-state index in [0.29, 0.717) is 0 Å². The van der Waals surface area contributed by atoms with Crippen LogP contribution in [0.4, 0.5) is 5.69 Å². The van der Waals surface area contributed by atoms with Crippen LogP contribution in [-0.4, -0.2) is 17.2 Å². The van der Waals surface area contributed by atoms with E-state index in [1.165, 1.54) is 23.3 Å². The fraction of sp³-hybridized carbons (Fsp3) is 0.462. The van der Waals surface area contributed by atoms with Gasteiger partial charge in [-0.15, -0.1) is 0 Å². The van der Waals surface area contributed by atoms with Crippen LogP contribution in [0.5, 0.6) is 0 Å². The van der Waals surface area contributed by atoms with E-state index in [1.54, 1.807) is 18.7 Å². The summed E-state index contributed by atoms with van der Waals surface area (Å²) in [6.45, 7) is 2.56. The van der Waals surface area contributed by atoms with Gasteiger partial charge in [0.1, 0.15) is 5.37 Å². The molecule has 1 heterocycles. The summed E-state index contributed by atoms with van der Waals surface area (Å²) in [4.78, 5) is 12.5. The first-order valence-electron chi connectivity index (χ1n) is 6.02. The molecule has 0 saturated heterocycles. The topological polar surface area (TPSA) is 41.1 Å². The Hall–Kier alpha value is -1.00. The highest BCUT2D eigenvalue weighted by molar-refractivity contribution is 8.01. The maximum Gasteiger partial charge on any atom is 0.162 e. The number of ketones is 1. The normalized spacial score (nSPS) is 22.1. The standard InChI is InChI=1S/C13H16N2OS/c1-8(16)13-15-11-5-2-9(6-12(11)17-13)7-14-10-3-4-10/h2,5-6,10,13-15H,3-4,7H2,1H3. The number of carbonyl (C=O) groups excluding carboxylic acids is 1. The lowest BCUT2D eigenvalue weighted by Crippen LogP contribution is -2.18. The lowest BCUT2D eigenvalue weighted by atomic mass is 10.2. The first-order chi connectivity index (χ1) is 8.22. The minimum atomic E-state index is -0.100. The van der Waals surface area contributed by atoms with Crippen molar-refractivity contribution < 1.29 is 4.79 Å². The summed E-state index contributed by atoms with van der Waals surface area (Å²) in [6.07, 6.45) is 2.63. The smallest absolute Gasteiger partial charge is 0.162 e. The summed E-state index contributed by atoms with van der Waals surface area (Å²) in [5, 5.41) is 6.63. The Labute approximate surface area is 105 Å². The van der Waals surface area contributed by atoms with Gasteiger partial charge in [0.05, 0.1) is 0 Å². The van der Waals surface area contributed by atoms with E-state index in [4.69, 9.17) is 0 Å². The number of carbonyl (C=O) groups is 1. The van der Waals surface area contributed by atoms with Crippen molar-refractivity contribution in [3.63, 3.8) is 0 Å². The minimum absolute atomic E-state index is 0.100. The highest BCUT2D eigenvalue weighted by Crippen LogP contribution is 2.39. The minimum Gasteiger partial charge on any atom is -0.366 e. The first kappa shape index (κ1) is 11.1. The highest BCUT2D eigenvalue weighted by atomic mass is 32.2. The number of thioether (sulfide) groups is 1. The molecule has 0 spiro atoms. The van der Waals surface area contributed by atoms with Crippen LogP contribution in [0.1, 0.15) is 25.3 Å². The van der Waals surface area contributed by atoms with E-state index < -0.39 is 0 Å². The lowest BCUT2D eigenvalue weighted by Gasteiger charge is -2.05. The molecule has 2 N–H and O–H groups in total. The summed E-state index contributed by atoms with van der Waals surface area (Å²) >= 11 is 1.62. The highest BCUT2D eigenvalue weighted by Gasteiger charge is 2.25. The average Bonchev–Trinajstić information content (AvgIpc) is 3.03. The molecular weight excluding hydrogens is 232 g/mol. The van der Waals surface area contributed by atoms with Crippen LogP contribution < -0.4 is 10.6 Å². The van der Waals surface area contributed by atoms with Crippen LogP contribution in [-0.2, 0) is 11.3 Å². The van der Waals surface area contributed by atoms with Gasteiger partial charge in [-0.1, -0.05) is 17.8 Å². The number of Topliss-reactive ketones (excluding diaryl/α,β-unsaturated/α-hetero) is 1. The van der Waals surface area contributed by atoms with Crippen LogP contribution in [0.2, 0.25) is 0 Å². The molecule has 1 fully saturated rings. The molecule has 0 radical (unpaired) electrons. The van der Waals surface area contributed by atoms with Gasteiger partial charge in [0.2, 0.25) is 0 Å². The third kappa shape index (κ3) is 2.48. The molecule has 3 nitrogen and oxygen atoms in total. The predicted molar refractivity (Wildman–Crippen MR) is 70.3 cm³/mol. The number of anilines is 1. The SMILES string of the molecule is CC(=O)C1Nc2ccc(CNC3CC3)cc2S1. The fourth-order valence-corrected chi connectivity index (χ4v) is 3.00. The Morgan fingerprint density at radius 3 is 3.06 bits per heavy atom. The Morgan fingerprint density at radius 2 is 2.35 bits per heavy atom. The molecule has 1 atom stereocenters. The van der Waals surface area contributed by atoms with E-state index in [0.717, 1.165) is 18.3 Å². The van der Waals surface area contributed by atoms with E-state index in [-0.39, 0.29) is 11.2 Å². The Bertz CT molecular complexity index is 457. The number of rotatable bonds is 4. The van der Waals surface area contributed by atoms with Crippen molar-refractivity contribution in [3.05, 3.63) is 23.8 Å². The van der Waals surface area contributed by atoms with Gasteiger partial charge in [0.15, 0.2) is 5.78 Å². The molecule has 1 aliphatic carbocycles. The van der Waals surface area contributed by atoms with Crippen molar-refractivity contribution in [1.82, 2.24) is 5.32 Å². The molecule has 1 aromatic rings. The van der Waals surface area contributed by atoms with Crippen LogP contribution in [0.25, 0.3) is 0 Å². The van der Waals surface area contributed by atoms with Gasteiger partial charge in [-0.3, -0.25) is 4.79 Å². The molecule has 3 rings (SSSR count). The van der Waals surface area contributed by atoms with Gasteiger partial charge in [-0.05, 0) is 37.5 Å². The second-order valence-corrected chi connectivity index (χ2v) is 5.89. The van der Waals surface area contributed by atoms with Crippen molar-refractivity contribution in [1.29, 1.82) is 0 Å². The van der Waals surface area contributed by atoms with E-state index in [1.807, 2.05) is 0 Å². The first-order valence-corrected chi connectivity index (χ1v) is 6.90. The Morgan fingerprint density at radius 1 is 1.53 bits per heavy atom. The molecule has 4 heteroatoms. The number of hydrogen-bond donors (Lipinski definition) is 2. The largest absolute Gasteiger partial charge is 0.366 e. The molecule has 1 aliphatic heterocycles. The predicted octanol–water partition coefficient (Wildman–Crippen LogP) is 2.37. The van der Waals surface area contributed by atoms with Crippen LogP contribution in [0.3, 0.4) is 0 Å². The van der Waals surface area contributed by atoms with Crippen molar-refractivity contribution in [3.8, 4) is 0 Å². The fourth-order valence-electron chi connectivity index (χ4n) is 1.93. The zero-order valence-electron chi connectivity index (χ0n) is 9.82. The Balaban J connectivity index is 1.70. The molecule has 1 saturated carbocycles. The zero-order chi connectivity index (χ0) is 11.8. The average molecular weight is 248 g/mol. The van der Waals surface area contributed by atoms with Crippen molar-refractivity contribution in [2.45, 2.75) is 42.6 Å². The van der Waals surface area contributed by atoms with Crippen LogP contribution in [0.15, 0.2) is 23.1 Å². The summed E-state index contributed by atoms with van der Waals surface area (Å²) in [5.74, 6) is 0.184. The number of hydrogen-bond acceptors (Lipinski definition) is 4. The third-order valence-corrected chi connectivity index (χ3v) is 4.40. The van der Waals surface area contributed by atoms with E-state index in [9.17, 15) is 4.79 Å². The van der Waals surface area contributed by atoms with Crippen LogP contribution >= 0.6 is 11.8 Å². The quantitative estimate of drug-likeness (QED) is 0.858. The summed E-state index contributed by atoms with van der Waals surface area (Å²) in [6, 6.07) is 7.13. The Kier molecular flexibility index (Phi) is 2.84. The molecule has 90 valence electrons. The van der Waals surface area contributed by atoms with Gasteiger partial charge >= 0.3 is 0 Å². The number of fused-ring (bicyclic) bond motifs is 1. The molecule has 2 aliphatic rings. The van der Waals surface area contributed by atoms with E-state index in [2.05, 4.69) is 28.8 Å². The van der Waals surface area contributed by atoms with E-state index >= 15 is 0 Å². The molecule has 0 bridgehead atoms. The number of benzene rings is 1. The van der Waals surface area contributed by atoms with Crippen molar-refractivity contribution in [2.24, 2.45) is 0 Å². The molecule has 0 amide bonds. The molecule has 1 aromatic carbocycles. The van der Waals surface area contributed by atoms with Crippen molar-refractivity contribution >= 4 is 23.2 Å². The summed E-state index contributed by atoms with van der Waals surface area (Å²) in [5.41, 5.74) is 2.39. The number of nitrogens with one attached hydrogen (secondary N) is 2. The molecule has 0 aromatic heterocycles. The lowest BCUT2D eigenvalue weighted by molar-refractivity contribution is -0.116. The second-order valence-electron chi connectivity index (χ2n) is 4.74. The second kappa shape index (κ2) is 4.35. The molecular formula is C13H16N2OS. The van der Waals surface area contributed by atoms with Gasteiger partial charge < -0.3 is 10.6 Å². The third-order valence-electron chi connectivity index (χ3n) is 3.12. The molecule has 17 heavy (non-hydrogen) atoms. The monoisotopic (exact) mass is 248 g/mol. The van der Waals surface area contributed by atoms with Crippen LogP contribution in [0, 0.1) is 0 Å². The van der Waals surface area contributed by atoms with Crippen molar-refractivity contribution in [2.75, 3.05) is 5.32 Å². The van der Waals surface area contributed by atoms with Gasteiger partial charge in [0, 0.05) is 23.2 Å².